The van der Waals surface area contributed by atoms with E-state index in [-0.39, 0.29) is 34.6 Å². The van der Waals surface area contributed by atoms with Crippen molar-refractivity contribution in [2.24, 2.45) is 0 Å². The summed E-state index contributed by atoms with van der Waals surface area (Å²) in [5, 5.41) is 19.8. The summed E-state index contributed by atoms with van der Waals surface area (Å²) in [7, 11) is 0. The molecule has 0 heterocycles. The Morgan fingerprint density at radius 3 is 2.48 bits per heavy atom. The third-order valence-corrected chi connectivity index (χ3v) is 2.97. The molecule has 0 bridgehead atoms. The quantitative estimate of drug-likeness (QED) is 0.520. The van der Waals surface area contributed by atoms with Gasteiger partial charge in [0, 0.05) is 17.7 Å². The van der Waals surface area contributed by atoms with Crippen LogP contribution in [0.15, 0.2) is 42.5 Å². The molecule has 7 heteroatoms. The first-order valence-corrected chi connectivity index (χ1v) is 6.24. The summed E-state index contributed by atoms with van der Waals surface area (Å²) < 4.78 is 5.25. The molecule has 1 N–H and O–H groups in total. The van der Waals surface area contributed by atoms with Crippen molar-refractivity contribution in [3.05, 3.63) is 63.2 Å². The predicted molar refractivity (Wildman–Crippen MR) is 76.0 cm³/mol. The zero-order chi connectivity index (χ0) is 15.4. The SMILES string of the molecule is O=C(COc1ccc([N+](=O)[O-])cc1Cl)c1ccc(O)cc1. The number of rotatable bonds is 5. The molecule has 6 nitrogen and oxygen atoms in total. The van der Waals surface area contributed by atoms with Crippen molar-refractivity contribution in [3.63, 3.8) is 0 Å². The summed E-state index contributed by atoms with van der Waals surface area (Å²) in [6.45, 7) is -0.262. The molecule has 21 heavy (non-hydrogen) atoms. The van der Waals surface area contributed by atoms with E-state index in [1.807, 2.05) is 0 Å². The second-order valence-electron chi connectivity index (χ2n) is 4.13. The Hall–Kier alpha value is -2.60. The summed E-state index contributed by atoms with van der Waals surface area (Å²) >= 11 is 5.85. The van der Waals surface area contributed by atoms with Crippen LogP contribution in [0.3, 0.4) is 0 Å². The number of carbonyl (C=O) groups is 1. The number of carbonyl (C=O) groups excluding carboxylic acids is 1. The van der Waals surface area contributed by atoms with Gasteiger partial charge in [-0.1, -0.05) is 11.6 Å². The van der Waals surface area contributed by atoms with Crippen molar-refractivity contribution in [3.8, 4) is 11.5 Å². The lowest BCUT2D eigenvalue weighted by Crippen LogP contribution is -2.11. The first-order valence-electron chi connectivity index (χ1n) is 5.86. The standard InChI is InChI=1S/C14H10ClNO5/c15-12-7-10(16(19)20)3-6-14(12)21-8-13(18)9-1-4-11(17)5-2-9/h1-7,17H,8H2. The van der Waals surface area contributed by atoms with Crippen LogP contribution >= 0.6 is 11.6 Å². The lowest BCUT2D eigenvalue weighted by molar-refractivity contribution is -0.384. The molecule has 2 aromatic carbocycles. The summed E-state index contributed by atoms with van der Waals surface area (Å²) in [4.78, 5) is 21.9. The molecular formula is C14H10ClNO5. The Morgan fingerprint density at radius 2 is 1.90 bits per heavy atom. The van der Waals surface area contributed by atoms with Crippen molar-refractivity contribution in [1.82, 2.24) is 0 Å². The largest absolute Gasteiger partial charge is 0.508 e. The van der Waals surface area contributed by atoms with E-state index in [0.717, 1.165) is 6.07 Å². The maximum absolute atomic E-state index is 11.9. The molecule has 0 saturated heterocycles. The van der Waals surface area contributed by atoms with Crippen LogP contribution in [-0.4, -0.2) is 22.4 Å². The number of benzene rings is 2. The van der Waals surface area contributed by atoms with Crippen LogP contribution < -0.4 is 4.74 Å². The summed E-state index contributed by atoms with van der Waals surface area (Å²) in [5.74, 6) is -0.0512. The van der Waals surface area contributed by atoms with E-state index in [9.17, 15) is 14.9 Å². The number of ketones is 1. The highest BCUT2D eigenvalue weighted by Gasteiger charge is 2.12. The van der Waals surface area contributed by atoms with Gasteiger partial charge in [-0.05, 0) is 30.3 Å². The number of ether oxygens (including phenoxy) is 1. The van der Waals surface area contributed by atoms with E-state index < -0.39 is 4.92 Å². The van der Waals surface area contributed by atoms with Gasteiger partial charge in [-0.15, -0.1) is 0 Å². The van der Waals surface area contributed by atoms with Gasteiger partial charge in [0.25, 0.3) is 5.69 Å². The minimum atomic E-state index is -0.572. The van der Waals surface area contributed by atoms with E-state index in [2.05, 4.69) is 0 Å². The fourth-order valence-corrected chi connectivity index (χ4v) is 1.82. The summed E-state index contributed by atoms with van der Waals surface area (Å²) in [5.41, 5.74) is 0.225. The number of aromatic hydroxyl groups is 1. The average Bonchev–Trinajstić information content (AvgIpc) is 2.46. The number of phenolic OH excluding ortho intramolecular Hbond substituents is 1. The molecule has 2 aromatic rings. The van der Waals surface area contributed by atoms with Gasteiger partial charge in [-0.2, -0.15) is 0 Å². The maximum atomic E-state index is 11.9. The highest BCUT2D eigenvalue weighted by Crippen LogP contribution is 2.28. The van der Waals surface area contributed by atoms with Gasteiger partial charge in [0.1, 0.15) is 11.5 Å². The van der Waals surface area contributed by atoms with Crippen molar-refractivity contribution < 1.29 is 19.6 Å². The molecule has 0 aliphatic rings. The van der Waals surface area contributed by atoms with Crippen molar-refractivity contribution in [1.29, 1.82) is 0 Å². The predicted octanol–water partition coefficient (Wildman–Crippen LogP) is 3.22. The normalized spacial score (nSPS) is 10.1. The first-order chi connectivity index (χ1) is 9.97. The summed E-state index contributed by atoms with van der Waals surface area (Å²) in [6.07, 6.45) is 0. The minimum Gasteiger partial charge on any atom is -0.508 e. The zero-order valence-corrected chi connectivity index (χ0v) is 11.4. The number of halogens is 1. The molecule has 0 saturated carbocycles. The molecule has 108 valence electrons. The smallest absolute Gasteiger partial charge is 0.271 e. The first kappa shape index (κ1) is 14.8. The van der Waals surface area contributed by atoms with E-state index in [1.54, 1.807) is 0 Å². The molecular weight excluding hydrogens is 298 g/mol. The van der Waals surface area contributed by atoms with Gasteiger partial charge in [0.05, 0.1) is 9.95 Å². The van der Waals surface area contributed by atoms with E-state index in [1.165, 1.54) is 36.4 Å². The topological polar surface area (TPSA) is 89.7 Å². The van der Waals surface area contributed by atoms with Gasteiger partial charge in [-0.25, -0.2) is 0 Å². The molecule has 0 unspecified atom stereocenters. The van der Waals surface area contributed by atoms with E-state index >= 15 is 0 Å². The van der Waals surface area contributed by atoms with Gasteiger partial charge in [-0.3, -0.25) is 14.9 Å². The molecule has 0 radical (unpaired) electrons. The van der Waals surface area contributed by atoms with Crippen LogP contribution in [0.25, 0.3) is 0 Å². The Morgan fingerprint density at radius 1 is 1.24 bits per heavy atom. The van der Waals surface area contributed by atoms with Gasteiger partial charge >= 0.3 is 0 Å². The number of nitro benzene ring substituents is 1. The second kappa shape index (κ2) is 6.23. The van der Waals surface area contributed by atoms with E-state index in [0.29, 0.717) is 5.56 Å². The molecule has 0 aliphatic carbocycles. The Kier molecular flexibility index (Phi) is 4.39. The average molecular weight is 308 g/mol. The van der Waals surface area contributed by atoms with Crippen molar-refractivity contribution >= 4 is 23.1 Å². The molecule has 0 aliphatic heterocycles. The number of Topliss-reactive ketones (excluding diaryl/α,β-unsaturated/α-hetero) is 1. The molecule has 0 aromatic heterocycles. The Labute approximate surface area is 124 Å². The number of non-ortho nitro benzene ring substituents is 1. The maximum Gasteiger partial charge on any atom is 0.271 e. The number of nitro groups is 1. The van der Waals surface area contributed by atoms with Crippen molar-refractivity contribution in [2.75, 3.05) is 6.61 Å². The third kappa shape index (κ3) is 3.70. The monoisotopic (exact) mass is 307 g/mol. The van der Waals surface area contributed by atoms with Crippen LogP contribution in [0.1, 0.15) is 10.4 Å². The highest BCUT2D eigenvalue weighted by atomic mass is 35.5. The third-order valence-electron chi connectivity index (χ3n) is 2.67. The second-order valence-corrected chi connectivity index (χ2v) is 4.54. The number of hydrogen-bond donors (Lipinski definition) is 1. The van der Waals surface area contributed by atoms with E-state index in [4.69, 9.17) is 21.4 Å². The molecule has 0 atom stereocenters. The fraction of sp³-hybridized carbons (Fsp3) is 0.0714. The van der Waals surface area contributed by atoms with Gasteiger partial charge < -0.3 is 9.84 Å². The van der Waals surface area contributed by atoms with Gasteiger partial charge in [0.2, 0.25) is 0 Å². The van der Waals surface area contributed by atoms with Crippen LogP contribution in [-0.2, 0) is 0 Å². The highest BCUT2D eigenvalue weighted by molar-refractivity contribution is 6.32. The Balaban J connectivity index is 2.04. The summed E-state index contributed by atoms with van der Waals surface area (Å²) in [6, 6.07) is 9.47. The fourth-order valence-electron chi connectivity index (χ4n) is 1.59. The molecule has 0 amide bonds. The molecule has 0 fully saturated rings. The zero-order valence-electron chi connectivity index (χ0n) is 10.7. The molecule has 0 spiro atoms. The minimum absolute atomic E-state index is 0.0581. The van der Waals surface area contributed by atoms with Crippen molar-refractivity contribution in [2.45, 2.75) is 0 Å². The Bertz CT molecular complexity index is 684. The van der Waals surface area contributed by atoms with Crippen LogP contribution in [0.5, 0.6) is 11.5 Å². The number of hydrogen-bond acceptors (Lipinski definition) is 5. The van der Waals surface area contributed by atoms with Crippen LogP contribution in [0.4, 0.5) is 5.69 Å². The number of nitrogens with zero attached hydrogens (tertiary/aromatic N) is 1. The van der Waals surface area contributed by atoms with Crippen LogP contribution in [0, 0.1) is 10.1 Å². The van der Waals surface area contributed by atoms with Crippen LogP contribution in [0.2, 0.25) is 5.02 Å². The number of phenols is 1. The lowest BCUT2D eigenvalue weighted by atomic mass is 10.1. The lowest BCUT2D eigenvalue weighted by Gasteiger charge is -2.07. The van der Waals surface area contributed by atoms with Gasteiger partial charge in [0.15, 0.2) is 12.4 Å². The molecule has 2 rings (SSSR count).